The lowest BCUT2D eigenvalue weighted by Gasteiger charge is -2.36. The Hall–Kier alpha value is -3.42. The van der Waals surface area contributed by atoms with Crippen molar-refractivity contribution in [2.45, 2.75) is 33.6 Å². The molecule has 180 valence electrons. The number of anilines is 1. The van der Waals surface area contributed by atoms with Crippen LogP contribution >= 0.6 is 0 Å². The summed E-state index contributed by atoms with van der Waals surface area (Å²) in [7, 11) is 0. The van der Waals surface area contributed by atoms with E-state index in [1.165, 1.54) is 23.1 Å². The molecule has 1 aliphatic rings. The van der Waals surface area contributed by atoms with Crippen molar-refractivity contribution < 1.29 is 19.4 Å². The molecule has 34 heavy (non-hydrogen) atoms. The third kappa shape index (κ3) is 5.05. The number of benzene rings is 2. The van der Waals surface area contributed by atoms with Crippen LogP contribution in [-0.2, 0) is 0 Å². The van der Waals surface area contributed by atoms with E-state index < -0.39 is 11.9 Å². The van der Waals surface area contributed by atoms with Gasteiger partial charge in [0.2, 0.25) is 0 Å². The number of phenols is 1. The maximum atomic E-state index is 14.7. The van der Waals surface area contributed by atoms with E-state index in [4.69, 9.17) is 4.98 Å². The largest absolute Gasteiger partial charge is 0.507 e. The second-order valence-corrected chi connectivity index (χ2v) is 9.56. The molecule has 1 atom stereocenters. The lowest BCUT2D eigenvalue weighted by atomic mass is 9.96. The van der Waals surface area contributed by atoms with Gasteiger partial charge in [-0.2, -0.15) is 0 Å². The van der Waals surface area contributed by atoms with Gasteiger partial charge in [-0.15, -0.1) is 0 Å². The maximum Gasteiger partial charge on any atom is 0.407 e. The summed E-state index contributed by atoms with van der Waals surface area (Å²) in [5, 5.41) is 20.8. The third-order valence-corrected chi connectivity index (χ3v) is 6.20. The number of piperidine rings is 1. The number of hydrogen-bond acceptors (Lipinski definition) is 5. The van der Waals surface area contributed by atoms with E-state index in [1.54, 1.807) is 0 Å². The number of aromatic hydroxyl groups is 1. The molecule has 1 fully saturated rings. The number of aryl methyl sites for hydroxylation is 1. The fourth-order valence-electron chi connectivity index (χ4n) is 4.70. The Bertz CT molecular complexity index is 1180. The molecule has 2 aromatic carbocycles. The number of rotatable bonds is 6. The number of fused-ring (bicyclic) bond motifs is 1. The van der Waals surface area contributed by atoms with Gasteiger partial charge < -0.3 is 20.0 Å². The van der Waals surface area contributed by atoms with Crippen molar-refractivity contribution in [3.05, 3.63) is 47.8 Å². The molecule has 4 rings (SSSR count). The van der Waals surface area contributed by atoms with Crippen molar-refractivity contribution in [1.29, 1.82) is 0 Å². The van der Waals surface area contributed by atoms with E-state index in [9.17, 15) is 19.4 Å². The normalized spacial score (nSPS) is 16.3. The van der Waals surface area contributed by atoms with Crippen LogP contribution in [0.25, 0.3) is 22.3 Å². The zero-order valence-corrected chi connectivity index (χ0v) is 19.8. The van der Waals surface area contributed by atoms with Gasteiger partial charge in [0, 0.05) is 31.6 Å². The van der Waals surface area contributed by atoms with E-state index in [0.29, 0.717) is 31.0 Å². The number of nitrogens with zero attached hydrogens (tertiary/aromatic N) is 4. The first-order valence-electron chi connectivity index (χ1n) is 11.7. The molecule has 0 saturated carbocycles. The van der Waals surface area contributed by atoms with Crippen molar-refractivity contribution >= 4 is 22.8 Å². The van der Waals surface area contributed by atoms with Crippen molar-refractivity contribution in [2.75, 3.05) is 31.1 Å². The minimum atomic E-state index is -0.897. The van der Waals surface area contributed by atoms with Gasteiger partial charge in [-0.05, 0) is 61.4 Å². The van der Waals surface area contributed by atoms with Crippen LogP contribution < -0.4 is 4.90 Å². The summed E-state index contributed by atoms with van der Waals surface area (Å²) in [6, 6.07) is 10.0. The molecule has 1 aliphatic heterocycles. The summed E-state index contributed by atoms with van der Waals surface area (Å²) >= 11 is 0. The van der Waals surface area contributed by atoms with Gasteiger partial charge >= 0.3 is 6.09 Å². The summed E-state index contributed by atoms with van der Waals surface area (Å²) in [5.74, 6) is 0.432. The minimum Gasteiger partial charge on any atom is -0.507 e. The van der Waals surface area contributed by atoms with Gasteiger partial charge in [0.15, 0.2) is 5.82 Å². The highest BCUT2D eigenvalue weighted by Gasteiger charge is 2.27. The zero-order valence-electron chi connectivity index (χ0n) is 19.8. The number of carbonyl (C=O) groups is 1. The second kappa shape index (κ2) is 9.83. The highest BCUT2D eigenvalue weighted by atomic mass is 19.1. The molecular formula is C26H31FN4O3. The monoisotopic (exact) mass is 466 g/mol. The number of halogens is 1. The average molecular weight is 467 g/mol. The van der Waals surface area contributed by atoms with Crippen LogP contribution in [0.1, 0.15) is 32.3 Å². The average Bonchev–Trinajstić information content (AvgIpc) is 2.77. The van der Waals surface area contributed by atoms with Crippen molar-refractivity contribution in [1.82, 2.24) is 14.9 Å². The Kier molecular flexibility index (Phi) is 6.86. The number of carboxylic acid groups (broad SMARTS) is 1. The predicted molar refractivity (Wildman–Crippen MR) is 131 cm³/mol. The first-order chi connectivity index (χ1) is 16.2. The number of aromatic nitrogens is 2. The SMILES string of the molecule is Cc1ccc2c(N3CCC[C@H](CN(CC(C)C)C(=O)O)C3)nc(-c3c(O)cccc3F)nc2c1. The summed E-state index contributed by atoms with van der Waals surface area (Å²) in [6.07, 6.45) is 0.935. The van der Waals surface area contributed by atoms with E-state index in [1.807, 2.05) is 39.0 Å². The van der Waals surface area contributed by atoms with Crippen LogP contribution in [0.4, 0.5) is 15.0 Å². The van der Waals surface area contributed by atoms with E-state index in [2.05, 4.69) is 9.88 Å². The Labute approximate surface area is 198 Å². The summed E-state index contributed by atoms with van der Waals surface area (Å²) in [6.45, 7) is 8.36. The minimum absolute atomic E-state index is 0.0188. The molecule has 1 saturated heterocycles. The predicted octanol–water partition coefficient (Wildman–Crippen LogP) is 5.30. The molecule has 0 bridgehead atoms. The van der Waals surface area contributed by atoms with Gasteiger partial charge in [-0.3, -0.25) is 0 Å². The van der Waals surface area contributed by atoms with Gasteiger partial charge in [0.25, 0.3) is 0 Å². The Morgan fingerprint density at radius 3 is 2.76 bits per heavy atom. The standard InChI is InChI=1S/C26H31FN4O3/c1-16(2)13-31(26(33)34)15-18-6-5-11-30(14-18)25-19-10-9-17(3)12-21(19)28-24(29-25)23-20(27)7-4-8-22(23)32/h4,7-10,12,16,18,32H,5-6,11,13-15H2,1-3H3,(H,33,34)/t18-/m0/s1. The highest BCUT2D eigenvalue weighted by molar-refractivity contribution is 5.92. The molecule has 0 unspecified atom stereocenters. The third-order valence-electron chi connectivity index (χ3n) is 6.20. The molecule has 0 spiro atoms. The van der Waals surface area contributed by atoms with Crippen LogP contribution in [0.15, 0.2) is 36.4 Å². The maximum absolute atomic E-state index is 14.7. The molecule has 1 amide bonds. The van der Waals surface area contributed by atoms with Crippen molar-refractivity contribution in [3.63, 3.8) is 0 Å². The van der Waals surface area contributed by atoms with Crippen molar-refractivity contribution in [2.24, 2.45) is 11.8 Å². The topological polar surface area (TPSA) is 89.8 Å². The lowest BCUT2D eigenvalue weighted by Crippen LogP contribution is -2.44. The number of amides is 1. The molecule has 8 heteroatoms. The van der Waals surface area contributed by atoms with Crippen LogP contribution in [-0.4, -0.2) is 57.4 Å². The van der Waals surface area contributed by atoms with E-state index in [0.717, 1.165) is 30.3 Å². The fraction of sp³-hybridized carbons (Fsp3) is 0.423. The van der Waals surface area contributed by atoms with Gasteiger partial charge in [-0.1, -0.05) is 26.0 Å². The fourth-order valence-corrected chi connectivity index (χ4v) is 4.70. The molecule has 2 heterocycles. The lowest BCUT2D eigenvalue weighted by molar-refractivity contribution is 0.128. The molecule has 0 radical (unpaired) electrons. The van der Waals surface area contributed by atoms with Gasteiger partial charge in [0.1, 0.15) is 17.4 Å². The molecule has 7 nitrogen and oxygen atoms in total. The summed E-state index contributed by atoms with van der Waals surface area (Å²) in [4.78, 5) is 24.7. The smallest absolute Gasteiger partial charge is 0.407 e. The van der Waals surface area contributed by atoms with Gasteiger partial charge in [0.05, 0.1) is 11.1 Å². The quantitative estimate of drug-likeness (QED) is 0.512. The molecule has 0 aliphatic carbocycles. The van der Waals surface area contributed by atoms with Crippen LogP contribution in [0.3, 0.4) is 0 Å². The summed E-state index contributed by atoms with van der Waals surface area (Å²) in [5.41, 5.74) is 1.68. The Morgan fingerprint density at radius 1 is 1.26 bits per heavy atom. The zero-order chi connectivity index (χ0) is 24.4. The highest BCUT2D eigenvalue weighted by Crippen LogP contribution is 2.35. The number of phenolic OH excluding ortho intramolecular Hbond substituents is 1. The molecule has 2 N–H and O–H groups in total. The van der Waals surface area contributed by atoms with E-state index in [-0.39, 0.29) is 29.0 Å². The van der Waals surface area contributed by atoms with Crippen LogP contribution in [0.5, 0.6) is 5.75 Å². The molecule has 3 aromatic rings. The summed E-state index contributed by atoms with van der Waals surface area (Å²) < 4.78 is 14.7. The van der Waals surface area contributed by atoms with Crippen LogP contribution in [0.2, 0.25) is 0 Å². The number of hydrogen-bond donors (Lipinski definition) is 2. The first kappa shape index (κ1) is 23.7. The first-order valence-corrected chi connectivity index (χ1v) is 11.7. The Balaban J connectivity index is 1.72. The van der Waals surface area contributed by atoms with Crippen LogP contribution in [0, 0.1) is 24.6 Å². The molecular weight excluding hydrogens is 435 g/mol. The molecule has 1 aromatic heterocycles. The van der Waals surface area contributed by atoms with Crippen molar-refractivity contribution in [3.8, 4) is 17.1 Å². The van der Waals surface area contributed by atoms with Gasteiger partial charge in [-0.25, -0.2) is 19.2 Å². The Morgan fingerprint density at radius 2 is 2.06 bits per heavy atom. The van der Waals surface area contributed by atoms with E-state index >= 15 is 0 Å². The second-order valence-electron chi connectivity index (χ2n) is 9.56.